The van der Waals surface area contributed by atoms with Crippen LogP contribution in [0.4, 0.5) is 22.0 Å². The van der Waals surface area contributed by atoms with Crippen molar-refractivity contribution in [3.63, 3.8) is 0 Å². The van der Waals surface area contributed by atoms with Gasteiger partial charge < -0.3 is 4.74 Å². The first-order chi connectivity index (χ1) is 5.57. The minimum atomic E-state index is -5.62. The molecule has 8 heteroatoms. The second-order valence-corrected chi connectivity index (χ2v) is 2.79. The van der Waals surface area contributed by atoms with Gasteiger partial charge >= 0.3 is 18.1 Å². The molecular weight excluding hydrogens is 219 g/mol. The van der Waals surface area contributed by atoms with E-state index in [2.05, 4.69) is 17.4 Å². The van der Waals surface area contributed by atoms with E-state index in [1.807, 2.05) is 0 Å². The summed E-state index contributed by atoms with van der Waals surface area (Å²) in [5, 5.41) is 0. The van der Waals surface area contributed by atoms with Gasteiger partial charge in [-0.1, -0.05) is 0 Å². The normalized spacial score (nSPS) is 15.6. The van der Waals surface area contributed by atoms with Crippen LogP contribution in [0.2, 0.25) is 0 Å². The van der Waals surface area contributed by atoms with Gasteiger partial charge in [0.2, 0.25) is 0 Å². The van der Waals surface area contributed by atoms with Gasteiger partial charge in [-0.05, 0) is 6.92 Å². The maximum Gasteiger partial charge on any atom is 0.459 e. The summed E-state index contributed by atoms with van der Waals surface area (Å²) in [5.41, 5.74) is -1.47. The van der Waals surface area contributed by atoms with Crippen molar-refractivity contribution < 1.29 is 31.5 Å². The van der Waals surface area contributed by atoms with Crippen LogP contribution in [0, 0.1) is 0 Å². The summed E-state index contributed by atoms with van der Waals surface area (Å²) in [4.78, 5) is 9.99. The number of ketones is 1. The monoisotopic (exact) mass is 224 g/mol. The van der Waals surface area contributed by atoms with Crippen LogP contribution < -0.4 is 0 Å². The number of ether oxygens (including phenoxy) is 1. The average molecular weight is 224 g/mol. The third kappa shape index (κ3) is 3.90. The zero-order chi connectivity index (χ0) is 10.9. The van der Waals surface area contributed by atoms with Crippen molar-refractivity contribution in [2.75, 3.05) is 0 Å². The molecule has 13 heavy (non-hydrogen) atoms. The van der Waals surface area contributed by atoms with Gasteiger partial charge in [-0.25, -0.2) is 0 Å². The topological polar surface area (TPSA) is 26.3 Å². The molecule has 0 saturated carbocycles. The molecule has 0 unspecified atom stereocenters. The minimum absolute atomic E-state index is 0.959. The summed E-state index contributed by atoms with van der Waals surface area (Å²) in [7, 11) is 0. The third-order valence-electron chi connectivity index (χ3n) is 0.840. The van der Waals surface area contributed by atoms with Crippen molar-refractivity contribution in [2.45, 2.75) is 24.6 Å². The first-order valence-electron chi connectivity index (χ1n) is 2.92. The van der Waals surface area contributed by atoms with E-state index in [9.17, 15) is 26.7 Å². The van der Waals surface area contributed by atoms with Gasteiger partial charge in [0.1, 0.15) is 5.44 Å². The van der Waals surface area contributed by atoms with Crippen LogP contribution in [-0.2, 0) is 9.53 Å². The van der Waals surface area contributed by atoms with E-state index in [0.29, 0.717) is 0 Å². The van der Waals surface area contributed by atoms with Crippen molar-refractivity contribution >= 4 is 18.4 Å². The molecule has 0 N–H and O–H groups in total. The number of thiol groups is 1. The Morgan fingerprint density at radius 2 is 1.69 bits per heavy atom. The Balaban J connectivity index is 4.55. The first-order valence-corrected chi connectivity index (χ1v) is 3.44. The fraction of sp³-hybridized carbons (Fsp3) is 0.800. The van der Waals surface area contributed by atoms with Gasteiger partial charge in [0.05, 0.1) is 0 Å². The number of Topliss-reactive ketones (excluding diaryl/α,β-unsaturated/α-hetero) is 1. The molecule has 0 aliphatic rings. The lowest BCUT2D eigenvalue weighted by Gasteiger charge is -2.18. The Labute approximate surface area is 75.5 Å². The Kier molecular flexibility index (Phi) is 3.68. The zero-order valence-corrected chi connectivity index (χ0v) is 7.13. The van der Waals surface area contributed by atoms with Gasteiger partial charge in [-0.3, -0.25) is 4.79 Å². The highest BCUT2D eigenvalue weighted by atomic mass is 32.1. The van der Waals surface area contributed by atoms with E-state index < -0.39 is 23.5 Å². The number of hydrogen-bond acceptors (Lipinski definition) is 3. The van der Waals surface area contributed by atoms with E-state index in [-0.39, 0.29) is 0 Å². The molecule has 0 saturated heterocycles. The lowest BCUT2D eigenvalue weighted by atomic mass is 10.3. The minimum Gasteiger partial charge on any atom is -0.300 e. The fourth-order valence-corrected chi connectivity index (χ4v) is 0.565. The molecule has 0 aliphatic heterocycles. The molecule has 78 valence electrons. The van der Waals surface area contributed by atoms with E-state index in [4.69, 9.17) is 0 Å². The number of rotatable bonds is 3. The fourth-order valence-electron chi connectivity index (χ4n) is 0.433. The number of halogens is 5. The quantitative estimate of drug-likeness (QED) is 0.451. The molecule has 0 fully saturated rings. The molecule has 0 aliphatic carbocycles. The Bertz CT molecular complexity index is 200. The molecule has 0 aromatic heterocycles. The largest absolute Gasteiger partial charge is 0.459 e. The maximum absolute atomic E-state index is 12.2. The van der Waals surface area contributed by atoms with Crippen molar-refractivity contribution in [1.29, 1.82) is 0 Å². The van der Waals surface area contributed by atoms with Crippen LogP contribution in [0.5, 0.6) is 0 Å². The summed E-state index contributed by atoms with van der Waals surface area (Å²) in [6, 6.07) is 0. The third-order valence-corrected chi connectivity index (χ3v) is 0.946. The van der Waals surface area contributed by atoms with Gasteiger partial charge in [-0.15, -0.1) is 12.6 Å². The van der Waals surface area contributed by atoms with Crippen LogP contribution in [-0.4, -0.2) is 23.5 Å². The molecule has 0 radical (unpaired) electrons. The second kappa shape index (κ2) is 3.79. The summed E-state index contributed by atoms with van der Waals surface area (Å²) >= 11 is 3.26. The van der Waals surface area contributed by atoms with Crippen LogP contribution >= 0.6 is 12.6 Å². The first kappa shape index (κ1) is 12.6. The Morgan fingerprint density at radius 1 is 1.31 bits per heavy atom. The predicted molar refractivity (Wildman–Crippen MR) is 35.5 cm³/mol. The molecule has 1 atom stereocenters. The number of carbonyl (C=O) groups is 1. The maximum atomic E-state index is 12.2. The smallest absolute Gasteiger partial charge is 0.300 e. The summed E-state index contributed by atoms with van der Waals surface area (Å²) in [6.07, 6.45) is -10.5. The van der Waals surface area contributed by atoms with Crippen molar-refractivity contribution in [2.24, 2.45) is 0 Å². The summed E-state index contributed by atoms with van der Waals surface area (Å²) in [5.74, 6) is -3.24. The molecule has 0 spiro atoms. The highest BCUT2D eigenvalue weighted by Crippen LogP contribution is 2.29. The van der Waals surface area contributed by atoms with Crippen molar-refractivity contribution in [3.05, 3.63) is 0 Å². The molecule has 0 bridgehead atoms. The van der Waals surface area contributed by atoms with Gasteiger partial charge in [-0.2, -0.15) is 22.0 Å². The molecular formula is C5H5F5O2S. The SMILES string of the molecule is C[C@H](S)OC(F)(F)C(=O)C(F)(F)F. The van der Waals surface area contributed by atoms with Crippen LogP contribution in [0.25, 0.3) is 0 Å². The standard InChI is InChI=1S/C5H5F5O2S/c1-2(13)12-5(9,10)3(11)4(6,7)8/h2,13H,1H3/t2-/m0/s1. The predicted octanol–water partition coefficient (Wildman–Crippen LogP) is 2.00. The highest BCUT2D eigenvalue weighted by Gasteiger charge is 2.56. The number of carbonyl (C=O) groups excluding carboxylic acids is 1. The number of hydrogen-bond donors (Lipinski definition) is 1. The number of alkyl halides is 5. The molecule has 2 nitrogen and oxygen atoms in total. The molecule has 0 rings (SSSR count). The molecule has 0 aromatic carbocycles. The Morgan fingerprint density at radius 3 is 1.92 bits per heavy atom. The highest BCUT2D eigenvalue weighted by molar-refractivity contribution is 7.80. The van der Waals surface area contributed by atoms with E-state index in [1.165, 1.54) is 0 Å². The van der Waals surface area contributed by atoms with Gasteiger partial charge in [0.25, 0.3) is 0 Å². The van der Waals surface area contributed by atoms with Crippen LogP contribution in [0.3, 0.4) is 0 Å². The summed E-state index contributed by atoms with van der Waals surface area (Å²) in [6.45, 7) is 0.959. The van der Waals surface area contributed by atoms with Gasteiger partial charge in [0, 0.05) is 0 Å². The second-order valence-electron chi connectivity index (χ2n) is 2.06. The summed E-state index contributed by atoms with van der Waals surface area (Å²) < 4.78 is 62.2. The van der Waals surface area contributed by atoms with Gasteiger partial charge in [0.15, 0.2) is 0 Å². The molecule has 0 aromatic rings. The Hall–Kier alpha value is -0.370. The molecule has 0 amide bonds. The van der Waals surface area contributed by atoms with Crippen molar-refractivity contribution in [1.82, 2.24) is 0 Å². The average Bonchev–Trinajstić information content (AvgIpc) is 1.80. The van der Waals surface area contributed by atoms with Crippen LogP contribution in [0.15, 0.2) is 0 Å². The van der Waals surface area contributed by atoms with Crippen LogP contribution in [0.1, 0.15) is 6.92 Å². The van der Waals surface area contributed by atoms with E-state index in [1.54, 1.807) is 0 Å². The lowest BCUT2D eigenvalue weighted by molar-refractivity contribution is -0.260. The van der Waals surface area contributed by atoms with E-state index in [0.717, 1.165) is 6.92 Å². The lowest BCUT2D eigenvalue weighted by Crippen LogP contribution is -2.43. The molecule has 0 heterocycles. The van der Waals surface area contributed by atoms with E-state index >= 15 is 0 Å². The van der Waals surface area contributed by atoms with Crippen molar-refractivity contribution in [3.8, 4) is 0 Å². The zero-order valence-electron chi connectivity index (χ0n) is 6.23.